The second-order valence-corrected chi connectivity index (χ2v) is 6.30. The minimum absolute atomic E-state index is 0.0557. The van der Waals surface area contributed by atoms with Gasteiger partial charge in [-0.05, 0) is 30.2 Å². The third-order valence-electron chi connectivity index (χ3n) is 4.41. The molecule has 0 bridgehead atoms. The molecule has 1 fully saturated rings. The molecule has 1 N–H and O–H groups in total. The van der Waals surface area contributed by atoms with Gasteiger partial charge in [0.2, 0.25) is 11.8 Å². The van der Waals surface area contributed by atoms with Crippen LogP contribution in [0.2, 0.25) is 0 Å². The summed E-state index contributed by atoms with van der Waals surface area (Å²) in [6.07, 6.45) is 0. The summed E-state index contributed by atoms with van der Waals surface area (Å²) in [4.78, 5) is 36.8. The van der Waals surface area contributed by atoms with Crippen LogP contribution in [-0.2, 0) is 27.5 Å². The first-order valence-electron chi connectivity index (χ1n) is 8.69. The zero-order valence-electron chi connectivity index (χ0n) is 15.5. The molecule has 0 spiro atoms. The lowest BCUT2D eigenvalue weighted by atomic mass is 10.1. The molecule has 0 unspecified atom stereocenters. The minimum atomic E-state index is -0.518. The second-order valence-electron chi connectivity index (χ2n) is 6.30. The van der Waals surface area contributed by atoms with Crippen molar-refractivity contribution in [3.8, 4) is 6.07 Å². The van der Waals surface area contributed by atoms with Gasteiger partial charge in [0.15, 0.2) is 0 Å². The van der Waals surface area contributed by atoms with Crippen molar-refractivity contribution >= 4 is 18.3 Å². The Labute approximate surface area is 163 Å². The number of piperazine rings is 1. The Hall–Kier alpha value is -3.66. The number of nitriles is 1. The maximum atomic E-state index is 12.7. The number of amides is 2. The van der Waals surface area contributed by atoms with Crippen LogP contribution in [-0.4, -0.2) is 45.8 Å². The summed E-state index contributed by atoms with van der Waals surface area (Å²) in [5, 5.41) is 15.9. The Kier molecular flexibility index (Phi) is 7.28. The lowest BCUT2D eigenvalue weighted by molar-refractivity contribution is -0.156. The van der Waals surface area contributed by atoms with Crippen molar-refractivity contribution in [3.63, 3.8) is 0 Å². The first-order chi connectivity index (χ1) is 13.5. The number of nitrogens with zero attached hydrogens (tertiary/aromatic N) is 3. The molecule has 0 radical (unpaired) electrons. The molecule has 144 valence electrons. The van der Waals surface area contributed by atoms with Crippen LogP contribution in [0.5, 0.6) is 0 Å². The minimum Gasteiger partial charge on any atom is -0.483 e. The van der Waals surface area contributed by atoms with E-state index in [9.17, 15) is 9.59 Å². The number of carbonyl (C=O) groups is 3. The highest BCUT2D eigenvalue weighted by molar-refractivity contribution is 5.94. The maximum absolute atomic E-state index is 12.7. The monoisotopic (exact) mass is 379 g/mol. The SMILES string of the molecule is C[C@@H]1C(=O)N(Cc2ccccc2)CC(=O)N1Cc1cccc(C#N)c1.O=CO. The van der Waals surface area contributed by atoms with E-state index in [0.29, 0.717) is 18.7 Å². The van der Waals surface area contributed by atoms with Crippen LogP contribution >= 0.6 is 0 Å². The van der Waals surface area contributed by atoms with Gasteiger partial charge in [-0.2, -0.15) is 5.26 Å². The Bertz CT molecular complexity index is 877. The van der Waals surface area contributed by atoms with Crippen molar-refractivity contribution in [2.45, 2.75) is 26.1 Å². The van der Waals surface area contributed by atoms with Gasteiger partial charge in [-0.3, -0.25) is 14.4 Å². The van der Waals surface area contributed by atoms with E-state index >= 15 is 0 Å². The molecule has 2 aromatic carbocycles. The second kappa shape index (κ2) is 9.88. The lowest BCUT2D eigenvalue weighted by Crippen LogP contribution is -2.57. The molecule has 0 aliphatic carbocycles. The van der Waals surface area contributed by atoms with Gasteiger partial charge in [-0.15, -0.1) is 0 Å². The standard InChI is InChI=1S/C20H19N3O2.CH2O2/c1-15-20(25)22(12-16-6-3-2-4-7-16)14-19(24)23(15)13-18-9-5-8-17(10-18)11-21;2-1-3/h2-10,15H,12-14H2,1H3;1H,(H,2,3)/t15-;/m1./s1. The number of hydrogen-bond donors (Lipinski definition) is 1. The van der Waals surface area contributed by atoms with Crippen LogP contribution in [0.25, 0.3) is 0 Å². The molecular formula is C21H21N3O4. The molecule has 1 atom stereocenters. The molecule has 1 saturated heterocycles. The highest BCUT2D eigenvalue weighted by Gasteiger charge is 2.36. The highest BCUT2D eigenvalue weighted by atomic mass is 16.3. The van der Waals surface area contributed by atoms with Gasteiger partial charge in [0.25, 0.3) is 6.47 Å². The summed E-state index contributed by atoms with van der Waals surface area (Å²) in [6.45, 7) is 2.36. The van der Waals surface area contributed by atoms with Crippen molar-refractivity contribution in [1.29, 1.82) is 5.26 Å². The summed E-state index contributed by atoms with van der Waals surface area (Å²) in [6, 6.07) is 18.4. The lowest BCUT2D eigenvalue weighted by Gasteiger charge is -2.38. The summed E-state index contributed by atoms with van der Waals surface area (Å²) >= 11 is 0. The molecule has 0 saturated carbocycles. The number of benzene rings is 2. The quantitative estimate of drug-likeness (QED) is 0.819. The van der Waals surface area contributed by atoms with Crippen LogP contribution in [0.4, 0.5) is 0 Å². The van der Waals surface area contributed by atoms with Gasteiger partial charge < -0.3 is 14.9 Å². The van der Waals surface area contributed by atoms with Gasteiger partial charge in [0, 0.05) is 13.1 Å². The molecule has 1 aliphatic heterocycles. The van der Waals surface area contributed by atoms with Crippen molar-refractivity contribution in [2.75, 3.05) is 6.54 Å². The molecule has 7 heteroatoms. The summed E-state index contributed by atoms with van der Waals surface area (Å²) < 4.78 is 0. The van der Waals surface area contributed by atoms with Crippen molar-refractivity contribution in [3.05, 3.63) is 71.3 Å². The normalized spacial score (nSPS) is 16.1. The predicted molar refractivity (Wildman–Crippen MR) is 102 cm³/mol. The van der Waals surface area contributed by atoms with Gasteiger partial charge in [-0.25, -0.2) is 0 Å². The van der Waals surface area contributed by atoms with Crippen LogP contribution in [0, 0.1) is 11.3 Å². The van der Waals surface area contributed by atoms with Crippen LogP contribution < -0.4 is 0 Å². The first kappa shape index (κ1) is 20.6. The van der Waals surface area contributed by atoms with E-state index in [4.69, 9.17) is 15.2 Å². The summed E-state index contributed by atoms with van der Waals surface area (Å²) in [7, 11) is 0. The van der Waals surface area contributed by atoms with E-state index in [1.54, 1.807) is 34.9 Å². The molecule has 2 aromatic rings. The van der Waals surface area contributed by atoms with E-state index in [0.717, 1.165) is 11.1 Å². The van der Waals surface area contributed by atoms with Gasteiger partial charge >= 0.3 is 0 Å². The first-order valence-corrected chi connectivity index (χ1v) is 8.69. The third-order valence-corrected chi connectivity index (χ3v) is 4.41. The topological polar surface area (TPSA) is 102 Å². The van der Waals surface area contributed by atoms with E-state index in [2.05, 4.69) is 6.07 Å². The van der Waals surface area contributed by atoms with Crippen molar-refractivity contribution < 1.29 is 19.5 Å². The highest BCUT2D eigenvalue weighted by Crippen LogP contribution is 2.18. The molecule has 1 aliphatic rings. The fraction of sp³-hybridized carbons (Fsp3) is 0.238. The number of rotatable bonds is 4. The molecule has 1 heterocycles. The van der Waals surface area contributed by atoms with Gasteiger partial charge in [-0.1, -0.05) is 42.5 Å². The van der Waals surface area contributed by atoms with E-state index < -0.39 is 6.04 Å². The third kappa shape index (κ3) is 5.17. The Morgan fingerprint density at radius 1 is 1.11 bits per heavy atom. The van der Waals surface area contributed by atoms with Crippen LogP contribution in [0.3, 0.4) is 0 Å². The van der Waals surface area contributed by atoms with E-state index in [1.165, 1.54) is 0 Å². The molecular weight excluding hydrogens is 358 g/mol. The summed E-state index contributed by atoms with van der Waals surface area (Å²) in [5.74, 6) is -0.134. The largest absolute Gasteiger partial charge is 0.483 e. The Morgan fingerprint density at radius 2 is 1.75 bits per heavy atom. The maximum Gasteiger partial charge on any atom is 0.290 e. The van der Waals surface area contributed by atoms with Gasteiger partial charge in [0.05, 0.1) is 11.6 Å². The average Bonchev–Trinajstić information content (AvgIpc) is 2.71. The predicted octanol–water partition coefficient (Wildman–Crippen LogP) is 2.02. The van der Waals surface area contributed by atoms with E-state index in [-0.39, 0.29) is 24.8 Å². The number of carbonyl (C=O) groups excluding carboxylic acids is 2. The zero-order chi connectivity index (χ0) is 20.5. The average molecular weight is 379 g/mol. The van der Waals surface area contributed by atoms with Crippen LogP contribution in [0.15, 0.2) is 54.6 Å². The fourth-order valence-electron chi connectivity index (χ4n) is 3.04. The molecule has 7 nitrogen and oxygen atoms in total. The number of carboxylic acid groups (broad SMARTS) is 1. The molecule has 3 rings (SSSR count). The van der Waals surface area contributed by atoms with Crippen molar-refractivity contribution in [1.82, 2.24) is 9.80 Å². The van der Waals surface area contributed by atoms with Gasteiger partial charge in [0.1, 0.15) is 12.6 Å². The molecule has 28 heavy (non-hydrogen) atoms. The molecule has 2 amide bonds. The van der Waals surface area contributed by atoms with Crippen LogP contribution in [0.1, 0.15) is 23.6 Å². The van der Waals surface area contributed by atoms with E-state index in [1.807, 2.05) is 36.4 Å². The fourth-order valence-corrected chi connectivity index (χ4v) is 3.04. The smallest absolute Gasteiger partial charge is 0.290 e. The summed E-state index contributed by atoms with van der Waals surface area (Å²) in [5.41, 5.74) is 2.40. The number of hydrogen-bond acceptors (Lipinski definition) is 4. The molecule has 0 aromatic heterocycles. The Balaban J connectivity index is 0.000000878. The Morgan fingerprint density at radius 3 is 2.39 bits per heavy atom. The van der Waals surface area contributed by atoms with Crippen molar-refractivity contribution in [2.24, 2.45) is 0 Å². The zero-order valence-corrected chi connectivity index (χ0v) is 15.5.